The number of nitrogens with one attached hydrogen (secondary N) is 1. The van der Waals surface area contributed by atoms with E-state index in [9.17, 15) is 14.0 Å². The number of benzene rings is 3. The van der Waals surface area contributed by atoms with Gasteiger partial charge in [0, 0.05) is 11.3 Å². The standard InChI is InChI=1S/C25H21FN2O3/c1-16-7-13-20(14-8-16)28-24(29)21(15-17-5-3-4-6-22(17)31-2)23(25(28)30)27-19-11-9-18(26)10-12-19/h3-15,23,27H,1-2H3/b21-15+. The van der Waals surface area contributed by atoms with Crippen LogP contribution in [0.4, 0.5) is 15.8 Å². The normalized spacial score (nSPS) is 17.3. The Bertz CT molecular complexity index is 1150. The van der Waals surface area contributed by atoms with Gasteiger partial charge in [0.15, 0.2) is 0 Å². The van der Waals surface area contributed by atoms with Crippen molar-refractivity contribution in [2.45, 2.75) is 13.0 Å². The third-order valence-electron chi connectivity index (χ3n) is 5.13. The van der Waals surface area contributed by atoms with Gasteiger partial charge in [-0.05, 0) is 55.5 Å². The molecule has 156 valence electrons. The SMILES string of the molecule is COc1ccccc1/C=C1/C(=O)N(c2ccc(C)cc2)C(=O)C1Nc1ccc(F)cc1. The fourth-order valence-corrected chi connectivity index (χ4v) is 3.50. The zero-order valence-electron chi connectivity index (χ0n) is 17.1. The number of hydrogen-bond acceptors (Lipinski definition) is 4. The molecule has 1 atom stereocenters. The van der Waals surface area contributed by atoms with E-state index in [0.717, 1.165) is 5.56 Å². The van der Waals surface area contributed by atoms with Crippen LogP contribution < -0.4 is 15.0 Å². The molecule has 0 spiro atoms. The van der Waals surface area contributed by atoms with E-state index in [4.69, 9.17) is 4.74 Å². The van der Waals surface area contributed by atoms with Crippen LogP contribution in [-0.4, -0.2) is 25.0 Å². The van der Waals surface area contributed by atoms with Gasteiger partial charge in [0.2, 0.25) is 0 Å². The van der Waals surface area contributed by atoms with Gasteiger partial charge in [-0.15, -0.1) is 0 Å². The second-order valence-electron chi connectivity index (χ2n) is 7.24. The van der Waals surface area contributed by atoms with Crippen LogP contribution in [0, 0.1) is 12.7 Å². The lowest BCUT2D eigenvalue weighted by Gasteiger charge is -2.16. The highest BCUT2D eigenvalue weighted by Gasteiger charge is 2.44. The van der Waals surface area contributed by atoms with E-state index in [1.165, 1.54) is 29.2 Å². The molecule has 1 aliphatic rings. The molecule has 1 saturated heterocycles. The Morgan fingerprint density at radius 1 is 0.968 bits per heavy atom. The first-order valence-electron chi connectivity index (χ1n) is 9.79. The van der Waals surface area contributed by atoms with E-state index in [-0.39, 0.29) is 11.4 Å². The summed E-state index contributed by atoms with van der Waals surface area (Å²) in [5, 5.41) is 3.08. The topological polar surface area (TPSA) is 58.6 Å². The molecule has 3 aromatic rings. The van der Waals surface area contributed by atoms with Crippen molar-refractivity contribution in [3.05, 3.63) is 95.3 Å². The Morgan fingerprint density at radius 3 is 2.32 bits per heavy atom. The van der Waals surface area contributed by atoms with E-state index in [1.54, 1.807) is 31.4 Å². The van der Waals surface area contributed by atoms with Gasteiger partial charge in [-0.25, -0.2) is 9.29 Å². The molecule has 4 rings (SSSR count). The van der Waals surface area contributed by atoms with Gasteiger partial charge in [0.05, 0.1) is 18.4 Å². The second-order valence-corrected chi connectivity index (χ2v) is 7.24. The summed E-state index contributed by atoms with van der Waals surface area (Å²) in [5.74, 6) is -0.617. The van der Waals surface area contributed by atoms with Gasteiger partial charge < -0.3 is 10.1 Å². The molecule has 6 heteroatoms. The van der Waals surface area contributed by atoms with Crippen LogP contribution in [0.2, 0.25) is 0 Å². The number of hydrogen-bond donors (Lipinski definition) is 1. The summed E-state index contributed by atoms with van der Waals surface area (Å²) < 4.78 is 18.7. The van der Waals surface area contributed by atoms with Gasteiger partial charge >= 0.3 is 0 Å². The molecule has 0 bridgehead atoms. The predicted molar refractivity (Wildman–Crippen MR) is 118 cm³/mol. The summed E-state index contributed by atoms with van der Waals surface area (Å²) in [6.45, 7) is 1.93. The molecule has 0 radical (unpaired) electrons. The number of anilines is 2. The minimum atomic E-state index is -0.927. The summed E-state index contributed by atoms with van der Waals surface area (Å²) in [6, 6.07) is 19.2. The first-order valence-corrected chi connectivity index (χ1v) is 9.79. The van der Waals surface area contributed by atoms with E-state index in [1.807, 2.05) is 37.3 Å². The molecule has 1 heterocycles. The zero-order chi connectivity index (χ0) is 22.0. The summed E-state index contributed by atoms with van der Waals surface area (Å²) in [5.41, 5.74) is 3.00. The molecular formula is C25H21FN2O3. The Morgan fingerprint density at radius 2 is 1.65 bits per heavy atom. The van der Waals surface area contributed by atoms with E-state index < -0.39 is 17.9 Å². The number of nitrogens with zero attached hydrogens (tertiary/aromatic N) is 1. The summed E-state index contributed by atoms with van der Waals surface area (Å²) >= 11 is 0. The van der Waals surface area contributed by atoms with Crippen molar-refractivity contribution in [2.24, 2.45) is 0 Å². The van der Waals surface area contributed by atoms with Gasteiger partial charge in [-0.2, -0.15) is 0 Å². The van der Waals surface area contributed by atoms with Crippen LogP contribution >= 0.6 is 0 Å². The predicted octanol–water partition coefficient (Wildman–Crippen LogP) is 4.58. The van der Waals surface area contributed by atoms with Gasteiger partial charge in [-0.3, -0.25) is 9.59 Å². The Labute approximate surface area is 179 Å². The number of carbonyl (C=O) groups excluding carboxylic acids is 2. The minimum absolute atomic E-state index is 0.277. The van der Waals surface area contributed by atoms with E-state index in [0.29, 0.717) is 22.7 Å². The molecule has 5 nitrogen and oxygen atoms in total. The molecule has 2 amide bonds. The first-order chi connectivity index (χ1) is 15.0. The van der Waals surface area contributed by atoms with Gasteiger partial charge in [0.1, 0.15) is 17.6 Å². The Balaban J connectivity index is 1.78. The summed E-state index contributed by atoms with van der Waals surface area (Å²) in [7, 11) is 1.55. The van der Waals surface area contributed by atoms with Crippen molar-refractivity contribution in [2.75, 3.05) is 17.3 Å². The minimum Gasteiger partial charge on any atom is -0.496 e. The molecule has 1 N–H and O–H groups in total. The number of methoxy groups -OCH3 is 1. The Kier molecular flexibility index (Phi) is 5.54. The summed E-state index contributed by atoms with van der Waals surface area (Å²) in [4.78, 5) is 27.8. The molecule has 0 aromatic heterocycles. The maximum atomic E-state index is 13.4. The number of ether oxygens (including phenoxy) is 1. The van der Waals surface area contributed by atoms with Crippen LogP contribution in [0.5, 0.6) is 5.75 Å². The maximum Gasteiger partial charge on any atom is 0.263 e. The van der Waals surface area contributed by atoms with Crippen LogP contribution in [0.25, 0.3) is 6.08 Å². The lowest BCUT2D eigenvalue weighted by atomic mass is 10.0. The van der Waals surface area contributed by atoms with Crippen LogP contribution in [0.3, 0.4) is 0 Å². The Hall–Kier alpha value is -3.93. The van der Waals surface area contributed by atoms with Crippen molar-refractivity contribution in [3.8, 4) is 5.75 Å². The number of rotatable bonds is 5. The highest BCUT2D eigenvalue weighted by Crippen LogP contribution is 2.32. The van der Waals surface area contributed by atoms with Crippen molar-refractivity contribution in [1.29, 1.82) is 0 Å². The number of amides is 2. The van der Waals surface area contributed by atoms with Crippen molar-refractivity contribution in [1.82, 2.24) is 0 Å². The zero-order valence-corrected chi connectivity index (χ0v) is 17.1. The van der Waals surface area contributed by atoms with Crippen LogP contribution in [0.1, 0.15) is 11.1 Å². The molecule has 3 aromatic carbocycles. The lowest BCUT2D eigenvalue weighted by Crippen LogP contribution is -2.34. The molecular weight excluding hydrogens is 395 g/mol. The number of aryl methyl sites for hydroxylation is 1. The average molecular weight is 416 g/mol. The van der Waals surface area contributed by atoms with Crippen molar-refractivity contribution >= 4 is 29.3 Å². The van der Waals surface area contributed by atoms with Crippen LogP contribution in [-0.2, 0) is 9.59 Å². The number of halogens is 1. The number of para-hydroxylation sites is 1. The molecule has 0 aliphatic carbocycles. The highest BCUT2D eigenvalue weighted by molar-refractivity contribution is 6.33. The van der Waals surface area contributed by atoms with Crippen molar-refractivity contribution < 1.29 is 18.7 Å². The molecule has 1 fully saturated rings. The van der Waals surface area contributed by atoms with Gasteiger partial charge in [0.25, 0.3) is 11.8 Å². The largest absolute Gasteiger partial charge is 0.496 e. The monoisotopic (exact) mass is 416 g/mol. The average Bonchev–Trinajstić information content (AvgIpc) is 3.00. The fourth-order valence-electron chi connectivity index (χ4n) is 3.50. The molecule has 1 aliphatic heterocycles. The third-order valence-corrected chi connectivity index (χ3v) is 5.13. The van der Waals surface area contributed by atoms with E-state index in [2.05, 4.69) is 5.32 Å². The quantitative estimate of drug-likeness (QED) is 0.489. The van der Waals surface area contributed by atoms with Crippen molar-refractivity contribution in [3.63, 3.8) is 0 Å². The smallest absolute Gasteiger partial charge is 0.263 e. The molecule has 31 heavy (non-hydrogen) atoms. The van der Waals surface area contributed by atoms with Crippen LogP contribution in [0.15, 0.2) is 78.4 Å². The highest BCUT2D eigenvalue weighted by atomic mass is 19.1. The van der Waals surface area contributed by atoms with E-state index >= 15 is 0 Å². The maximum absolute atomic E-state index is 13.4. The third kappa shape index (κ3) is 4.05. The number of imide groups is 1. The summed E-state index contributed by atoms with van der Waals surface area (Å²) in [6.07, 6.45) is 1.66. The molecule has 1 unspecified atom stereocenters. The van der Waals surface area contributed by atoms with Gasteiger partial charge in [-0.1, -0.05) is 35.9 Å². The first kappa shape index (κ1) is 20.3. The lowest BCUT2D eigenvalue weighted by molar-refractivity contribution is -0.121. The number of carbonyl (C=O) groups is 2. The second kappa shape index (κ2) is 8.44. The fraction of sp³-hybridized carbons (Fsp3) is 0.120. The molecule has 0 saturated carbocycles.